The third kappa shape index (κ3) is 5.72. The molecular weight excluding hydrogens is 396 g/mol. The number of carbonyl (C=O) groups excluding carboxylic acids is 2. The Bertz CT molecular complexity index is 1150. The van der Waals surface area contributed by atoms with Gasteiger partial charge in [0.15, 0.2) is 0 Å². The molecule has 3 rings (SSSR count). The molecule has 7 nitrogen and oxygen atoms in total. The summed E-state index contributed by atoms with van der Waals surface area (Å²) in [5.74, 6) is -0.0746. The monoisotopic (exact) mass is 422 g/mol. The molecule has 1 heterocycles. The summed E-state index contributed by atoms with van der Waals surface area (Å²) in [5, 5.41) is 4.00. The maximum Gasteiger partial charge on any atom is 0.338 e. The molecule has 0 saturated carbocycles. The quantitative estimate of drug-likeness (QED) is 0.582. The van der Waals surface area contributed by atoms with Crippen LogP contribution in [0.3, 0.4) is 0 Å². The van der Waals surface area contributed by atoms with Gasteiger partial charge in [0, 0.05) is 17.3 Å². The number of pyridine rings is 1. The molecule has 0 aliphatic rings. The maximum atomic E-state index is 12.7. The lowest BCUT2D eigenvalue weighted by molar-refractivity contribution is -0.116. The highest BCUT2D eigenvalue weighted by Gasteiger charge is 2.11. The zero-order valence-electron chi connectivity index (χ0n) is 18.0. The van der Waals surface area contributed by atoms with Gasteiger partial charge in [-0.25, -0.2) is 4.79 Å². The number of amides is 1. The molecule has 0 aliphatic heterocycles. The Morgan fingerprint density at radius 1 is 0.968 bits per heavy atom. The molecule has 1 amide bonds. The largest absolute Gasteiger partial charge is 0.491 e. The van der Waals surface area contributed by atoms with Crippen molar-refractivity contribution in [3.05, 3.63) is 70.6 Å². The first-order valence-corrected chi connectivity index (χ1v) is 10.1. The van der Waals surface area contributed by atoms with Crippen molar-refractivity contribution in [3.8, 4) is 5.75 Å². The first-order chi connectivity index (χ1) is 14.7. The highest BCUT2D eigenvalue weighted by molar-refractivity contribution is 5.93. The van der Waals surface area contributed by atoms with Crippen LogP contribution in [0.1, 0.15) is 38.1 Å². The SMILES string of the molecule is CC(C)OC(=O)c1ccc(NC(=O)Cn2ccc3cc(OC(C)C)ccc3c2=O)cc1. The van der Waals surface area contributed by atoms with E-state index in [0.717, 1.165) is 5.39 Å². The van der Waals surface area contributed by atoms with Gasteiger partial charge in [0.2, 0.25) is 5.91 Å². The average Bonchev–Trinajstić information content (AvgIpc) is 2.69. The molecular formula is C24H26N2O5. The molecule has 162 valence electrons. The van der Waals surface area contributed by atoms with Gasteiger partial charge in [-0.15, -0.1) is 0 Å². The summed E-state index contributed by atoms with van der Waals surface area (Å²) in [5.41, 5.74) is 0.671. The molecule has 3 aromatic rings. The summed E-state index contributed by atoms with van der Waals surface area (Å²) >= 11 is 0. The van der Waals surface area contributed by atoms with Crippen LogP contribution in [0.25, 0.3) is 10.8 Å². The van der Waals surface area contributed by atoms with Crippen LogP contribution in [-0.2, 0) is 16.1 Å². The van der Waals surface area contributed by atoms with Gasteiger partial charge >= 0.3 is 5.97 Å². The second-order valence-electron chi connectivity index (χ2n) is 7.74. The van der Waals surface area contributed by atoms with Crippen LogP contribution in [0.15, 0.2) is 59.5 Å². The van der Waals surface area contributed by atoms with Gasteiger partial charge in [0.25, 0.3) is 5.56 Å². The second kappa shape index (κ2) is 9.47. The first kappa shape index (κ1) is 22.1. The van der Waals surface area contributed by atoms with Crippen LogP contribution in [0.2, 0.25) is 0 Å². The highest BCUT2D eigenvalue weighted by Crippen LogP contribution is 2.19. The summed E-state index contributed by atoms with van der Waals surface area (Å²) in [7, 11) is 0. The van der Waals surface area contributed by atoms with Crippen molar-refractivity contribution < 1.29 is 19.1 Å². The fraction of sp³-hybridized carbons (Fsp3) is 0.292. The number of hydrogen-bond acceptors (Lipinski definition) is 5. The van der Waals surface area contributed by atoms with Gasteiger partial charge in [-0.05, 0) is 81.6 Å². The fourth-order valence-electron chi connectivity index (χ4n) is 3.06. The van der Waals surface area contributed by atoms with Crippen LogP contribution >= 0.6 is 0 Å². The molecule has 2 aromatic carbocycles. The number of nitrogens with zero attached hydrogens (tertiary/aromatic N) is 1. The molecule has 0 bridgehead atoms. The molecule has 1 aromatic heterocycles. The minimum absolute atomic E-state index is 0.0384. The molecule has 0 spiro atoms. The first-order valence-electron chi connectivity index (χ1n) is 10.1. The van der Waals surface area contributed by atoms with Crippen LogP contribution < -0.4 is 15.6 Å². The molecule has 31 heavy (non-hydrogen) atoms. The van der Waals surface area contributed by atoms with E-state index < -0.39 is 5.97 Å². The summed E-state index contributed by atoms with van der Waals surface area (Å²) in [6.07, 6.45) is 1.42. The van der Waals surface area contributed by atoms with Crippen LogP contribution in [0.4, 0.5) is 5.69 Å². The lowest BCUT2D eigenvalue weighted by Gasteiger charge is -2.12. The van der Waals surface area contributed by atoms with Gasteiger partial charge < -0.3 is 19.4 Å². The summed E-state index contributed by atoms with van der Waals surface area (Å²) < 4.78 is 12.2. The number of hydrogen-bond donors (Lipinski definition) is 1. The molecule has 0 radical (unpaired) electrons. The number of anilines is 1. The van der Waals surface area contributed by atoms with Gasteiger partial charge in [-0.3, -0.25) is 9.59 Å². The Balaban J connectivity index is 1.69. The summed E-state index contributed by atoms with van der Waals surface area (Å²) in [6, 6.07) is 13.5. The van der Waals surface area contributed by atoms with Gasteiger partial charge in [0.1, 0.15) is 12.3 Å². The molecule has 7 heteroatoms. The predicted octanol–water partition coefficient (Wildman–Crippen LogP) is 3.99. The number of esters is 1. The highest BCUT2D eigenvalue weighted by atomic mass is 16.5. The lowest BCUT2D eigenvalue weighted by Crippen LogP contribution is -2.27. The van der Waals surface area contributed by atoms with E-state index in [1.165, 1.54) is 4.57 Å². The summed E-state index contributed by atoms with van der Waals surface area (Å²) in [4.78, 5) is 37.1. The molecule has 0 atom stereocenters. The lowest BCUT2D eigenvalue weighted by atomic mass is 10.1. The fourth-order valence-corrected chi connectivity index (χ4v) is 3.06. The van der Waals surface area contributed by atoms with E-state index in [1.807, 2.05) is 19.9 Å². The molecule has 0 fully saturated rings. The van der Waals surface area contributed by atoms with Crippen molar-refractivity contribution in [2.45, 2.75) is 46.4 Å². The minimum atomic E-state index is -0.419. The topological polar surface area (TPSA) is 86.6 Å². The van der Waals surface area contributed by atoms with Crippen LogP contribution in [0, 0.1) is 0 Å². The smallest absolute Gasteiger partial charge is 0.338 e. The van der Waals surface area contributed by atoms with E-state index in [9.17, 15) is 14.4 Å². The number of aromatic nitrogens is 1. The molecule has 0 unspecified atom stereocenters. The number of fused-ring (bicyclic) bond motifs is 1. The van der Waals surface area contributed by atoms with E-state index >= 15 is 0 Å². The van der Waals surface area contributed by atoms with Crippen molar-refractivity contribution in [2.24, 2.45) is 0 Å². The predicted molar refractivity (Wildman–Crippen MR) is 120 cm³/mol. The number of carbonyl (C=O) groups is 2. The minimum Gasteiger partial charge on any atom is -0.491 e. The van der Waals surface area contributed by atoms with E-state index in [1.54, 1.807) is 62.5 Å². The van der Waals surface area contributed by atoms with Crippen molar-refractivity contribution in [1.82, 2.24) is 4.57 Å². The maximum absolute atomic E-state index is 12.7. The van der Waals surface area contributed by atoms with Crippen LogP contribution in [-0.4, -0.2) is 28.7 Å². The normalized spacial score (nSPS) is 11.0. The average molecular weight is 422 g/mol. The van der Waals surface area contributed by atoms with E-state index in [2.05, 4.69) is 5.32 Å². The van der Waals surface area contributed by atoms with Crippen molar-refractivity contribution in [2.75, 3.05) is 5.32 Å². The van der Waals surface area contributed by atoms with Crippen molar-refractivity contribution in [1.29, 1.82) is 0 Å². The zero-order valence-corrected chi connectivity index (χ0v) is 18.0. The van der Waals surface area contributed by atoms with Crippen molar-refractivity contribution in [3.63, 3.8) is 0 Å². The standard InChI is InChI=1S/C24H26N2O5/c1-15(2)30-20-9-10-21-18(13-20)11-12-26(23(21)28)14-22(27)25-19-7-5-17(6-8-19)24(29)31-16(3)4/h5-13,15-16H,14H2,1-4H3,(H,25,27). The third-order valence-electron chi connectivity index (χ3n) is 4.38. The van der Waals surface area contributed by atoms with Gasteiger partial charge in [-0.1, -0.05) is 0 Å². The number of ether oxygens (including phenoxy) is 2. The Hall–Kier alpha value is -3.61. The zero-order chi connectivity index (χ0) is 22.5. The van der Waals surface area contributed by atoms with Gasteiger partial charge in [-0.2, -0.15) is 0 Å². The third-order valence-corrected chi connectivity index (χ3v) is 4.38. The molecule has 0 aliphatic carbocycles. The molecule has 0 saturated heterocycles. The Morgan fingerprint density at radius 3 is 2.32 bits per heavy atom. The van der Waals surface area contributed by atoms with Gasteiger partial charge in [0.05, 0.1) is 17.8 Å². The van der Waals surface area contributed by atoms with E-state index in [-0.39, 0.29) is 30.2 Å². The van der Waals surface area contributed by atoms with E-state index in [0.29, 0.717) is 22.4 Å². The molecule has 1 N–H and O–H groups in total. The summed E-state index contributed by atoms with van der Waals surface area (Å²) in [6.45, 7) is 7.30. The van der Waals surface area contributed by atoms with Crippen molar-refractivity contribution >= 4 is 28.3 Å². The number of nitrogens with one attached hydrogen (secondary N) is 1. The Labute approximate surface area is 180 Å². The Morgan fingerprint density at radius 2 is 1.68 bits per heavy atom. The second-order valence-corrected chi connectivity index (χ2v) is 7.74. The van der Waals surface area contributed by atoms with E-state index in [4.69, 9.17) is 9.47 Å². The Kier molecular flexibility index (Phi) is 6.74. The number of rotatable bonds is 7. The number of benzene rings is 2. The van der Waals surface area contributed by atoms with Crippen LogP contribution in [0.5, 0.6) is 5.75 Å².